The molecule has 1 saturated heterocycles. The van der Waals surface area contributed by atoms with E-state index < -0.39 is 0 Å². The highest BCUT2D eigenvalue weighted by Gasteiger charge is 2.25. The van der Waals surface area contributed by atoms with Crippen molar-refractivity contribution in [1.29, 1.82) is 0 Å². The van der Waals surface area contributed by atoms with E-state index in [9.17, 15) is 4.79 Å². The molecule has 1 fully saturated rings. The van der Waals surface area contributed by atoms with Crippen molar-refractivity contribution >= 4 is 11.9 Å². The van der Waals surface area contributed by atoms with Crippen molar-refractivity contribution in [1.82, 2.24) is 15.2 Å². The van der Waals surface area contributed by atoms with Crippen LogP contribution in [0.25, 0.3) is 0 Å². The summed E-state index contributed by atoms with van der Waals surface area (Å²) in [5.41, 5.74) is 0.619. The molecule has 6 heteroatoms. The molecule has 1 unspecified atom stereocenters. The third-order valence-electron chi connectivity index (χ3n) is 1.88. The van der Waals surface area contributed by atoms with E-state index in [2.05, 4.69) is 20.5 Å². The van der Waals surface area contributed by atoms with Crippen LogP contribution in [0, 0.1) is 0 Å². The molecule has 74 valence electrons. The molecule has 0 amide bonds. The maximum atomic E-state index is 11.2. The Bertz CT molecular complexity index is 357. The lowest BCUT2D eigenvalue weighted by molar-refractivity contribution is -0.138. The van der Waals surface area contributed by atoms with Crippen LogP contribution in [0.3, 0.4) is 0 Å². The number of ether oxygens (including phenoxy) is 1. The lowest BCUT2D eigenvalue weighted by atomic mass is 10.2. The monoisotopic (exact) mass is 194 g/mol. The maximum Gasteiger partial charge on any atom is 0.335 e. The fourth-order valence-electron chi connectivity index (χ4n) is 1.24. The highest BCUT2D eigenvalue weighted by molar-refractivity contribution is 5.90. The van der Waals surface area contributed by atoms with E-state index in [0.717, 1.165) is 0 Å². The minimum Gasteiger partial charge on any atom is -0.459 e. The summed E-state index contributed by atoms with van der Waals surface area (Å²) in [5, 5.41) is 9.10. The summed E-state index contributed by atoms with van der Waals surface area (Å²) in [4.78, 5) is 15.0. The first-order valence-corrected chi connectivity index (χ1v) is 4.27. The predicted octanol–water partition coefficient (Wildman–Crippen LogP) is 0.436. The standard InChI is InChI=1S/C8H10N4O2/c1-5-2-6(7(13)14-5)3-9-8-10-4-11-12-8/h3-5H,2H2,1H3,(H2,9,10,11,12). The second kappa shape index (κ2) is 3.49. The maximum absolute atomic E-state index is 11.2. The smallest absolute Gasteiger partial charge is 0.335 e. The lowest BCUT2D eigenvalue weighted by Gasteiger charge is -1.94. The van der Waals surface area contributed by atoms with E-state index in [0.29, 0.717) is 17.9 Å². The number of hydrogen-bond donors (Lipinski definition) is 2. The van der Waals surface area contributed by atoms with Gasteiger partial charge < -0.3 is 10.1 Å². The Morgan fingerprint density at radius 2 is 2.64 bits per heavy atom. The van der Waals surface area contributed by atoms with Crippen molar-refractivity contribution in [3.63, 3.8) is 0 Å². The SMILES string of the molecule is CC1CC(=CNc2ncn[nH]2)C(=O)O1. The fourth-order valence-corrected chi connectivity index (χ4v) is 1.24. The molecule has 2 N–H and O–H groups in total. The molecule has 2 rings (SSSR count). The van der Waals surface area contributed by atoms with Crippen LogP contribution in [0.15, 0.2) is 18.1 Å². The van der Waals surface area contributed by atoms with Crippen LogP contribution < -0.4 is 5.32 Å². The van der Waals surface area contributed by atoms with Crippen LogP contribution in [-0.2, 0) is 9.53 Å². The highest BCUT2D eigenvalue weighted by Crippen LogP contribution is 2.19. The van der Waals surface area contributed by atoms with Crippen LogP contribution >= 0.6 is 0 Å². The second-order valence-corrected chi connectivity index (χ2v) is 3.07. The molecule has 1 aromatic rings. The van der Waals surface area contributed by atoms with E-state index in [-0.39, 0.29) is 12.1 Å². The number of aromatic nitrogens is 3. The molecular formula is C8H10N4O2. The molecule has 6 nitrogen and oxygen atoms in total. The molecule has 0 radical (unpaired) electrons. The first kappa shape index (κ1) is 8.74. The van der Waals surface area contributed by atoms with Gasteiger partial charge >= 0.3 is 5.97 Å². The van der Waals surface area contributed by atoms with Crippen molar-refractivity contribution in [3.8, 4) is 0 Å². The van der Waals surface area contributed by atoms with Crippen LogP contribution in [0.5, 0.6) is 0 Å². The highest BCUT2D eigenvalue weighted by atomic mass is 16.5. The molecule has 0 spiro atoms. The molecule has 0 aliphatic carbocycles. The van der Waals surface area contributed by atoms with Crippen molar-refractivity contribution in [2.45, 2.75) is 19.4 Å². The van der Waals surface area contributed by atoms with Crippen LogP contribution in [0.2, 0.25) is 0 Å². The van der Waals surface area contributed by atoms with Crippen molar-refractivity contribution < 1.29 is 9.53 Å². The van der Waals surface area contributed by atoms with Crippen LogP contribution in [-0.4, -0.2) is 27.3 Å². The molecule has 0 aromatic carbocycles. The third-order valence-corrected chi connectivity index (χ3v) is 1.88. The molecule has 1 aliphatic rings. The average molecular weight is 194 g/mol. The summed E-state index contributed by atoms with van der Waals surface area (Å²) in [6.45, 7) is 1.85. The first-order valence-electron chi connectivity index (χ1n) is 4.27. The zero-order valence-electron chi connectivity index (χ0n) is 7.65. The van der Waals surface area contributed by atoms with E-state index in [1.165, 1.54) is 6.33 Å². The van der Waals surface area contributed by atoms with Gasteiger partial charge in [0.05, 0.1) is 5.57 Å². The van der Waals surface area contributed by atoms with E-state index >= 15 is 0 Å². The molecule has 1 aromatic heterocycles. The molecule has 2 heterocycles. The fraction of sp³-hybridized carbons (Fsp3) is 0.375. The van der Waals surface area contributed by atoms with Gasteiger partial charge in [0.2, 0.25) is 5.95 Å². The van der Waals surface area contributed by atoms with Gasteiger partial charge in [0.25, 0.3) is 0 Å². The van der Waals surface area contributed by atoms with Gasteiger partial charge in [0, 0.05) is 12.6 Å². The molecule has 1 atom stereocenters. The van der Waals surface area contributed by atoms with Crippen LogP contribution in [0.1, 0.15) is 13.3 Å². The van der Waals surface area contributed by atoms with Crippen LogP contribution in [0.4, 0.5) is 5.95 Å². The van der Waals surface area contributed by atoms with E-state index in [4.69, 9.17) is 4.74 Å². The molecular weight excluding hydrogens is 184 g/mol. The number of H-pyrrole nitrogens is 1. The number of esters is 1. The Morgan fingerprint density at radius 1 is 1.79 bits per heavy atom. The average Bonchev–Trinajstić information content (AvgIpc) is 2.72. The summed E-state index contributed by atoms with van der Waals surface area (Å²) in [5.74, 6) is 0.231. The molecule has 0 bridgehead atoms. The van der Waals surface area contributed by atoms with Gasteiger partial charge in [0.15, 0.2) is 0 Å². The van der Waals surface area contributed by atoms with Gasteiger partial charge in [-0.15, -0.1) is 0 Å². The van der Waals surface area contributed by atoms with E-state index in [1.807, 2.05) is 6.92 Å². The topological polar surface area (TPSA) is 79.9 Å². The number of cyclic esters (lactones) is 1. The summed E-state index contributed by atoms with van der Waals surface area (Å²) in [6.07, 6.45) is 3.56. The quantitative estimate of drug-likeness (QED) is 0.527. The number of anilines is 1. The summed E-state index contributed by atoms with van der Waals surface area (Å²) in [6, 6.07) is 0. The first-order chi connectivity index (χ1) is 6.75. The normalized spacial score (nSPS) is 23.9. The van der Waals surface area contributed by atoms with Gasteiger partial charge in [0.1, 0.15) is 12.4 Å². The summed E-state index contributed by atoms with van der Waals surface area (Å²) < 4.78 is 4.95. The lowest BCUT2D eigenvalue weighted by Crippen LogP contribution is -2.00. The zero-order valence-corrected chi connectivity index (χ0v) is 7.65. The van der Waals surface area contributed by atoms with Gasteiger partial charge in [-0.3, -0.25) is 0 Å². The Kier molecular flexibility index (Phi) is 2.18. The Balaban J connectivity index is 2.02. The number of hydrogen-bond acceptors (Lipinski definition) is 5. The number of aromatic amines is 1. The Hall–Kier alpha value is -1.85. The molecule has 1 aliphatic heterocycles. The number of rotatable bonds is 2. The second-order valence-electron chi connectivity index (χ2n) is 3.07. The molecule has 14 heavy (non-hydrogen) atoms. The van der Waals surface area contributed by atoms with Gasteiger partial charge in [-0.25, -0.2) is 9.89 Å². The van der Waals surface area contributed by atoms with Gasteiger partial charge in [-0.1, -0.05) is 0 Å². The van der Waals surface area contributed by atoms with Gasteiger partial charge in [-0.05, 0) is 6.92 Å². The van der Waals surface area contributed by atoms with E-state index in [1.54, 1.807) is 6.20 Å². The zero-order chi connectivity index (χ0) is 9.97. The number of nitrogens with one attached hydrogen (secondary N) is 2. The number of nitrogens with zero attached hydrogens (tertiary/aromatic N) is 2. The van der Waals surface area contributed by atoms with Crippen molar-refractivity contribution in [2.75, 3.05) is 5.32 Å². The van der Waals surface area contributed by atoms with Gasteiger partial charge in [-0.2, -0.15) is 10.1 Å². The predicted molar refractivity (Wildman–Crippen MR) is 48.3 cm³/mol. The minimum atomic E-state index is -0.274. The number of carbonyl (C=O) groups excluding carboxylic acids is 1. The van der Waals surface area contributed by atoms with Crippen molar-refractivity contribution in [3.05, 3.63) is 18.1 Å². The Morgan fingerprint density at radius 3 is 3.21 bits per heavy atom. The van der Waals surface area contributed by atoms with Crippen molar-refractivity contribution in [2.24, 2.45) is 0 Å². The summed E-state index contributed by atoms with van der Waals surface area (Å²) in [7, 11) is 0. The summed E-state index contributed by atoms with van der Waals surface area (Å²) >= 11 is 0. The minimum absolute atomic E-state index is 0.0368. The number of carbonyl (C=O) groups is 1. The largest absolute Gasteiger partial charge is 0.459 e. The third kappa shape index (κ3) is 1.73. The molecule has 0 saturated carbocycles. The Labute approximate surface area is 80.4 Å².